The Morgan fingerprint density at radius 2 is 1.20 bits per heavy atom. The summed E-state index contributed by atoms with van der Waals surface area (Å²) in [6.07, 6.45) is 30.7. The number of quaternary nitrogens is 1. The highest BCUT2D eigenvalue weighted by Gasteiger charge is 2.24. The highest BCUT2D eigenvalue weighted by atomic mass is 31.2. The van der Waals surface area contributed by atoms with E-state index in [0.717, 1.165) is 44.9 Å². The zero-order valence-corrected chi connectivity index (χ0v) is 31.7. The summed E-state index contributed by atoms with van der Waals surface area (Å²) in [5, 5.41) is 13.8. The number of phosphoric ester groups is 1. The minimum Gasteiger partial charge on any atom is -0.756 e. The molecule has 0 aliphatic heterocycles. The van der Waals surface area contributed by atoms with Gasteiger partial charge in [0.2, 0.25) is 5.91 Å². The first-order chi connectivity index (χ1) is 22.0. The largest absolute Gasteiger partial charge is 0.756 e. The minimum atomic E-state index is -4.55. The molecule has 0 saturated heterocycles. The number of hydrogen-bond acceptors (Lipinski definition) is 6. The lowest BCUT2D eigenvalue weighted by Crippen LogP contribution is -2.46. The third kappa shape index (κ3) is 31.8. The molecule has 1 unspecified atom stereocenters. The van der Waals surface area contributed by atoms with Gasteiger partial charge in [0.25, 0.3) is 7.82 Å². The van der Waals surface area contributed by atoms with Crippen LogP contribution in [0, 0.1) is 0 Å². The zero-order valence-electron chi connectivity index (χ0n) is 30.8. The molecule has 0 aromatic carbocycles. The number of carbonyl (C=O) groups excluding carboxylic acids is 1. The molecule has 2 N–H and O–H groups in total. The maximum atomic E-state index is 12.7. The van der Waals surface area contributed by atoms with Crippen molar-refractivity contribution >= 4 is 13.7 Å². The summed E-state index contributed by atoms with van der Waals surface area (Å²) < 4.78 is 23.1. The smallest absolute Gasteiger partial charge is 0.268 e. The van der Waals surface area contributed by atoms with Crippen LogP contribution in [0.5, 0.6) is 0 Å². The minimum absolute atomic E-state index is 0.00903. The summed E-state index contributed by atoms with van der Waals surface area (Å²) in [6.45, 7) is 4.66. The molecule has 0 aromatic rings. The fraction of sp³-hybridized carbons (Fsp3) is 0.919. The van der Waals surface area contributed by atoms with Crippen LogP contribution in [0.25, 0.3) is 0 Å². The van der Waals surface area contributed by atoms with Crippen molar-refractivity contribution in [3.63, 3.8) is 0 Å². The Kier molecular flexibility index (Phi) is 29.8. The third-order valence-electron chi connectivity index (χ3n) is 8.50. The van der Waals surface area contributed by atoms with Crippen LogP contribution in [0.3, 0.4) is 0 Å². The maximum Gasteiger partial charge on any atom is 0.268 e. The fourth-order valence-electron chi connectivity index (χ4n) is 5.38. The topological polar surface area (TPSA) is 108 Å². The molecule has 46 heavy (non-hydrogen) atoms. The van der Waals surface area contributed by atoms with E-state index in [1.807, 2.05) is 21.1 Å². The Labute approximate surface area is 284 Å². The molecular weight excluding hydrogens is 599 g/mol. The quantitative estimate of drug-likeness (QED) is 0.0305. The van der Waals surface area contributed by atoms with Gasteiger partial charge in [-0.25, -0.2) is 0 Å². The van der Waals surface area contributed by atoms with Gasteiger partial charge >= 0.3 is 0 Å². The second kappa shape index (κ2) is 30.3. The van der Waals surface area contributed by atoms with Gasteiger partial charge in [-0.1, -0.05) is 135 Å². The summed E-state index contributed by atoms with van der Waals surface area (Å²) in [5.41, 5.74) is 0. The van der Waals surface area contributed by atoms with E-state index in [2.05, 4.69) is 31.3 Å². The Bertz CT molecular complexity index is 773. The molecule has 0 spiro atoms. The van der Waals surface area contributed by atoms with Crippen molar-refractivity contribution in [3.8, 4) is 0 Å². The van der Waals surface area contributed by atoms with E-state index in [1.54, 1.807) is 0 Å². The average molecular weight is 675 g/mol. The van der Waals surface area contributed by atoms with Gasteiger partial charge in [0, 0.05) is 6.42 Å². The maximum absolute atomic E-state index is 12.7. The zero-order chi connectivity index (χ0) is 34.4. The van der Waals surface area contributed by atoms with Gasteiger partial charge in [0.1, 0.15) is 13.2 Å². The Hall–Kier alpha value is -0.760. The first-order valence-electron chi connectivity index (χ1n) is 19.0. The molecule has 0 saturated carbocycles. The van der Waals surface area contributed by atoms with Gasteiger partial charge in [-0.2, -0.15) is 0 Å². The van der Waals surface area contributed by atoms with E-state index in [1.165, 1.54) is 96.3 Å². The summed E-state index contributed by atoms with van der Waals surface area (Å²) in [7, 11) is 1.29. The molecule has 8 nitrogen and oxygen atoms in total. The van der Waals surface area contributed by atoms with Gasteiger partial charge in [0.15, 0.2) is 0 Å². The molecule has 0 bridgehead atoms. The lowest BCUT2D eigenvalue weighted by atomic mass is 10.0. The molecule has 0 aliphatic rings. The summed E-state index contributed by atoms with van der Waals surface area (Å²) in [4.78, 5) is 25.1. The van der Waals surface area contributed by atoms with Gasteiger partial charge in [-0.15, -0.1) is 0 Å². The van der Waals surface area contributed by atoms with Crippen LogP contribution >= 0.6 is 7.82 Å². The predicted octanol–water partition coefficient (Wildman–Crippen LogP) is 9.00. The normalized spacial score (nSPS) is 14.8. The fourth-order valence-corrected chi connectivity index (χ4v) is 6.11. The summed E-state index contributed by atoms with van der Waals surface area (Å²) in [5.74, 6) is -0.179. The van der Waals surface area contributed by atoms with Crippen LogP contribution < -0.4 is 10.2 Å². The number of hydrogen-bond donors (Lipinski definition) is 2. The molecule has 3 atom stereocenters. The number of aliphatic hydroxyl groups is 1. The highest BCUT2D eigenvalue weighted by molar-refractivity contribution is 7.45. The van der Waals surface area contributed by atoms with Crippen molar-refractivity contribution in [1.82, 2.24) is 5.32 Å². The number of unbranched alkanes of at least 4 members (excludes halogenated alkanes) is 19. The molecule has 0 fully saturated rings. The van der Waals surface area contributed by atoms with Crippen molar-refractivity contribution in [3.05, 3.63) is 12.2 Å². The van der Waals surface area contributed by atoms with Gasteiger partial charge < -0.3 is 28.8 Å². The summed E-state index contributed by atoms with van der Waals surface area (Å²) in [6, 6.07) is -0.808. The second-order valence-corrected chi connectivity index (χ2v) is 15.7. The lowest BCUT2D eigenvalue weighted by molar-refractivity contribution is -0.870. The standard InChI is InChI=1S/C37H75N2O6P/c1-6-8-10-12-14-16-17-18-19-20-21-23-24-26-28-30-36(40)35(34-45-46(42,43)44-33-32-39(3,4)5)38-37(41)31-29-27-25-22-15-13-11-9-7-2/h21,23,35-36,40H,6-20,22,24-34H2,1-5H3,(H-,38,41,42,43)/b23-21+/t35-,36+/m0/s1. The van der Waals surface area contributed by atoms with E-state index in [9.17, 15) is 19.4 Å². The van der Waals surface area contributed by atoms with Crippen LogP contribution in [-0.2, 0) is 18.4 Å². The number of amides is 1. The number of carbonyl (C=O) groups is 1. The van der Waals surface area contributed by atoms with E-state index in [4.69, 9.17) is 9.05 Å². The molecular formula is C37H75N2O6P. The molecule has 0 rings (SSSR count). The first-order valence-corrected chi connectivity index (χ1v) is 20.5. The number of allylic oxidation sites excluding steroid dienone is 2. The van der Waals surface area contributed by atoms with E-state index in [-0.39, 0.29) is 19.1 Å². The molecule has 1 amide bonds. The van der Waals surface area contributed by atoms with Crippen molar-refractivity contribution in [1.29, 1.82) is 0 Å². The summed E-state index contributed by atoms with van der Waals surface area (Å²) >= 11 is 0. The van der Waals surface area contributed by atoms with Crippen molar-refractivity contribution < 1.29 is 32.9 Å². The number of phosphoric acid groups is 1. The van der Waals surface area contributed by atoms with Crippen LogP contribution in [0.4, 0.5) is 0 Å². The van der Waals surface area contributed by atoms with Gasteiger partial charge in [-0.3, -0.25) is 9.36 Å². The number of aliphatic hydroxyl groups excluding tert-OH is 1. The highest BCUT2D eigenvalue weighted by Crippen LogP contribution is 2.38. The molecule has 274 valence electrons. The molecule has 9 heteroatoms. The average Bonchev–Trinajstić information content (AvgIpc) is 2.99. The number of nitrogens with zero attached hydrogens (tertiary/aromatic N) is 1. The number of rotatable bonds is 34. The van der Waals surface area contributed by atoms with E-state index < -0.39 is 20.0 Å². The molecule has 0 aliphatic carbocycles. The SMILES string of the molecule is CCCCCCCCCCC/C=C/CCCC[C@@H](O)[C@H](COP(=O)([O-])OCC[N+](C)(C)C)NC(=O)CCCCCCCCCCC. The van der Waals surface area contributed by atoms with Crippen LogP contribution in [0.15, 0.2) is 12.2 Å². The van der Waals surface area contributed by atoms with E-state index >= 15 is 0 Å². The monoisotopic (exact) mass is 675 g/mol. The van der Waals surface area contributed by atoms with Crippen molar-refractivity contribution in [2.45, 2.75) is 180 Å². The lowest BCUT2D eigenvalue weighted by Gasteiger charge is -2.30. The van der Waals surface area contributed by atoms with E-state index in [0.29, 0.717) is 23.9 Å². The Balaban J connectivity index is 4.49. The van der Waals surface area contributed by atoms with Crippen LogP contribution in [-0.4, -0.2) is 68.5 Å². The second-order valence-electron chi connectivity index (χ2n) is 14.3. The number of likely N-dealkylation sites (N-methyl/N-ethyl adjacent to an activating group) is 1. The number of nitrogens with one attached hydrogen (secondary N) is 1. The first kappa shape index (κ1) is 45.2. The Morgan fingerprint density at radius 3 is 1.70 bits per heavy atom. The van der Waals surface area contributed by atoms with Gasteiger partial charge in [-0.05, 0) is 38.5 Å². The van der Waals surface area contributed by atoms with Gasteiger partial charge in [0.05, 0.1) is 39.9 Å². The molecule has 0 aromatic heterocycles. The van der Waals surface area contributed by atoms with Crippen LogP contribution in [0.1, 0.15) is 168 Å². The van der Waals surface area contributed by atoms with Crippen LogP contribution in [0.2, 0.25) is 0 Å². The van der Waals surface area contributed by atoms with Crippen molar-refractivity contribution in [2.75, 3.05) is 40.9 Å². The molecule has 0 heterocycles. The Morgan fingerprint density at radius 1 is 0.739 bits per heavy atom. The molecule has 0 radical (unpaired) electrons. The predicted molar refractivity (Wildman–Crippen MR) is 192 cm³/mol. The van der Waals surface area contributed by atoms with Crippen molar-refractivity contribution in [2.24, 2.45) is 0 Å². The third-order valence-corrected chi connectivity index (χ3v) is 9.47.